The molecule has 4 aromatic rings. The van der Waals surface area contributed by atoms with E-state index < -0.39 is 11.6 Å². The number of hydrogen-bond donors (Lipinski definition) is 1. The largest absolute Gasteiger partial charge is 0.497 e. The number of amides is 1. The molecule has 0 bridgehead atoms. The van der Waals surface area contributed by atoms with Gasteiger partial charge in [-0.15, -0.1) is 0 Å². The van der Waals surface area contributed by atoms with Crippen LogP contribution in [0.4, 0.5) is 10.8 Å². The van der Waals surface area contributed by atoms with Gasteiger partial charge in [0.1, 0.15) is 34.1 Å². The van der Waals surface area contributed by atoms with Crippen LogP contribution >= 0.6 is 11.3 Å². The van der Waals surface area contributed by atoms with Crippen molar-refractivity contribution in [3.05, 3.63) is 47.1 Å². The molecule has 10 nitrogen and oxygen atoms in total. The van der Waals surface area contributed by atoms with Crippen LogP contribution in [0.1, 0.15) is 12.8 Å². The molecule has 3 aromatic heterocycles. The molecular formula is C23H23N5O5S. The number of hydrogen-bond acceptors (Lipinski definition) is 9. The first-order valence-electron chi connectivity index (χ1n) is 10.8. The number of nitrogens with zero attached hydrogens (tertiary/aromatic N) is 4. The first kappa shape index (κ1) is 22.0. The second-order valence-electron chi connectivity index (χ2n) is 7.77. The smallest absolute Gasteiger partial charge is 0.349 e. The first-order chi connectivity index (χ1) is 16.6. The molecule has 4 heterocycles. The Hall–Kier alpha value is -3.86. The summed E-state index contributed by atoms with van der Waals surface area (Å²) in [5, 5.41) is 3.61. The minimum absolute atomic E-state index is 0.225. The average Bonchev–Trinajstić information content (AvgIpc) is 3.62. The Balaban J connectivity index is 1.52. The number of carbonyl (C=O) groups is 1. The molecule has 0 unspecified atom stereocenters. The zero-order valence-corrected chi connectivity index (χ0v) is 19.6. The lowest BCUT2D eigenvalue weighted by molar-refractivity contribution is -0.116. The molecular weight excluding hydrogens is 458 g/mol. The fourth-order valence-electron chi connectivity index (χ4n) is 3.94. The fourth-order valence-corrected chi connectivity index (χ4v) is 5.05. The van der Waals surface area contributed by atoms with Crippen molar-refractivity contribution in [2.45, 2.75) is 19.4 Å². The monoisotopic (exact) mass is 481 g/mol. The summed E-state index contributed by atoms with van der Waals surface area (Å²) in [7, 11) is 3.06. The summed E-state index contributed by atoms with van der Waals surface area (Å²) in [6, 6.07) is 8.55. The third kappa shape index (κ3) is 4.10. The summed E-state index contributed by atoms with van der Waals surface area (Å²) in [5.41, 5.74) is 0.837. The summed E-state index contributed by atoms with van der Waals surface area (Å²) in [6.07, 6.45) is 3.72. The quantitative estimate of drug-likeness (QED) is 0.428. The van der Waals surface area contributed by atoms with E-state index in [0.717, 1.165) is 31.1 Å². The van der Waals surface area contributed by atoms with Gasteiger partial charge in [-0.2, -0.15) is 4.98 Å². The third-order valence-electron chi connectivity index (χ3n) is 5.62. The number of methoxy groups -OCH3 is 2. The molecule has 0 spiro atoms. The van der Waals surface area contributed by atoms with Gasteiger partial charge in [-0.3, -0.25) is 9.36 Å². The molecule has 0 saturated carbocycles. The number of anilines is 2. The number of benzene rings is 1. The molecule has 0 radical (unpaired) electrons. The highest BCUT2D eigenvalue weighted by molar-refractivity contribution is 7.22. The second kappa shape index (κ2) is 9.18. The lowest BCUT2D eigenvalue weighted by Gasteiger charge is -2.13. The van der Waals surface area contributed by atoms with E-state index in [9.17, 15) is 9.59 Å². The Bertz CT molecular complexity index is 1390. The summed E-state index contributed by atoms with van der Waals surface area (Å²) in [5.74, 6) is 1.12. The van der Waals surface area contributed by atoms with Gasteiger partial charge in [0.25, 0.3) is 0 Å². The van der Waals surface area contributed by atoms with Crippen molar-refractivity contribution >= 4 is 38.4 Å². The normalized spacial score (nSPS) is 13.4. The Labute approximate surface area is 198 Å². The van der Waals surface area contributed by atoms with E-state index in [0.29, 0.717) is 39.0 Å². The summed E-state index contributed by atoms with van der Waals surface area (Å²) in [6.45, 7) is 1.59. The van der Waals surface area contributed by atoms with Crippen LogP contribution < -0.4 is 25.4 Å². The fraction of sp³-hybridized carbons (Fsp3) is 0.304. The standard InChI is InChI=1S/C23H23N5O5S/c1-31-14-7-8-15(17(12-14)32-2)24-18(29)13-28-21-20(26-23(34-21)27-9-3-4-10-27)19(25-22(28)30)16-6-5-11-33-16/h5-8,11-12H,3-4,9-10,13H2,1-2H3,(H,24,29). The molecule has 1 saturated heterocycles. The van der Waals surface area contributed by atoms with E-state index in [1.54, 1.807) is 37.4 Å². The van der Waals surface area contributed by atoms with Gasteiger partial charge in [-0.1, -0.05) is 11.3 Å². The number of ether oxygens (including phenoxy) is 2. The van der Waals surface area contributed by atoms with Crippen LogP contribution in [-0.2, 0) is 11.3 Å². The van der Waals surface area contributed by atoms with Crippen LogP contribution in [0.25, 0.3) is 21.8 Å². The van der Waals surface area contributed by atoms with E-state index in [1.807, 2.05) is 0 Å². The first-order valence-corrected chi connectivity index (χ1v) is 11.6. The number of fused-ring (bicyclic) bond motifs is 1. The van der Waals surface area contributed by atoms with E-state index >= 15 is 0 Å². The van der Waals surface area contributed by atoms with E-state index in [2.05, 4.69) is 15.2 Å². The maximum Gasteiger partial charge on any atom is 0.349 e. The van der Waals surface area contributed by atoms with E-state index in [-0.39, 0.29) is 6.54 Å². The molecule has 11 heteroatoms. The second-order valence-corrected chi connectivity index (χ2v) is 8.72. The van der Waals surface area contributed by atoms with Crippen LogP contribution in [0, 0.1) is 0 Å². The predicted octanol–water partition coefficient (Wildman–Crippen LogP) is 3.37. The zero-order chi connectivity index (χ0) is 23.7. The minimum Gasteiger partial charge on any atom is -0.497 e. The van der Waals surface area contributed by atoms with Gasteiger partial charge in [0.2, 0.25) is 5.91 Å². The van der Waals surface area contributed by atoms with Crippen molar-refractivity contribution in [3.63, 3.8) is 0 Å². The van der Waals surface area contributed by atoms with Gasteiger partial charge in [0, 0.05) is 19.2 Å². The van der Waals surface area contributed by atoms with E-state index in [1.165, 1.54) is 29.3 Å². The number of aromatic nitrogens is 3. The molecule has 34 heavy (non-hydrogen) atoms. The van der Waals surface area contributed by atoms with Crippen LogP contribution in [0.3, 0.4) is 0 Å². The number of carbonyl (C=O) groups excluding carboxylic acids is 1. The van der Waals surface area contributed by atoms with Gasteiger partial charge in [-0.05, 0) is 37.1 Å². The highest BCUT2D eigenvalue weighted by atomic mass is 32.1. The van der Waals surface area contributed by atoms with E-state index in [4.69, 9.17) is 18.9 Å². The van der Waals surface area contributed by atoms with Crippen LogP contribution in [0.15, 0.2) is 45.8 Å². The lowest BCUT2D eigenvalue weighted by Crippen LogP contribution is -2.29. The topological polar surface area (TPSA) is 112 Å². The Morgan fingerprint density at radius 1 is 1.18 bits per heavy atom. The molecule has 1 fully saturated rings. The maximum atomic E-state index is 13.0. The molecule has 0 aliphatic carbocycles. The van der Waals surface area contributed by atoms with Crippen LogP contribution in [-0.4, -0.2) is 47.8 Å². The molecule has 176 valence electrons. The van der Waals surface area contributed by atoms with Crippen molar-refractivity contribution < 1.29 is 18.7 Å². The number of furan rings is 1. The summed E-state index contributed by atoms with van der Waals surface area (Å²) in [4.78, 5) is 37.7. The van der Waals surface area contributed by atoms with Gasteiger partial charge in [0.15, 0.2) is 10.9 Å². The molecule has 1 aromatic carbocycles. The van der Waals surface area contributed by atoms with Gasteiger partial charge >= 0.3 is 5.69 Å². The zero-order valence-electron chi connectivity index (χ0n) is 18.7. The predicted molar refractivity (Wildman–Crippen MR) is 129 cm³/mol. The molecule has 5 rings (SSSR count). The SMILES string of the molecule is COc1ccc(NC(=O)Cn2c(=O)nc(-c3ccco3)c3nc(N4CCCC4)sc32)c(OC)c1. The Kier molecular flexibility index (Phi) is 5.93. The summed E-state index contributed by atoms with van der Waals surface area (Å²) >= 11 is 1.38. The Morgan fingerprint density at radius 3 is 2.71 bits per heavy atom. The number of nitrogens with one attached hydrogen (secondary N) is 1. The third-order valence-corrected chi connectivity index (χ3v) is 6.76. The maximum absolute atomic E-state index is 13.0. The molecule has 1 aliphatic rings. The summed E-state index contributed by atoms with van der Waals surface area (Å²) < 4.78 is 17.4. The van der Waals surface area contributed by atoms with Gasteiger partial charge in [-0.25, -0.2) is 9.78 Å². The van der Waals surface area contributed by atoms with Crippen LogP contribution in [0.2, 0.25) is 0 Å². The van der Waals surface area contributed by atoms with Gasteiger partial charge < -0.3 is 24.1 Å². The van der Waals surface area contributed by atoms with Crippen LogP contribution in [0.5, 0.6) is 11.5 Å². The minimum atomic E-state index is -0.549. The average molecular weight is 482 g/mol. The molecule has 1 aliphatic heterocycles. The highest BCUT2D eigenvalue weighted by Crippen LogP contribution is 2.35. The highest BCUT2D eigenvalue weighted by Gasteiger charge is 2.23. The van der Waals surface area contributed by atoms with Gasteiger partial charge in [0.05, 0.1) is 26.2 Å². The number of rotatable bonds is 7. The van der Waals surface area contributed by atoms with Crippen molar-refractivity contribution in [2.24, 2.45) is 0 Å². The molecule has 0 atom stereocenters. The lowest BCUT2D eigenvalue weighted by atomic mass is 10.2. The van der Waals surface area contributed by atoms with Crippen molar-refractivity contribution in [3.8, 4) is 23.0 Å². The number of thiazole rings is 1. The van der Waals surface area contributed by atoms with Crippen molar-refractivity contribution in [1.82, 2.24) is 14.5 Å². The molecule has 1 N–H and O–H groups in total. The Morgan fingerprint density at radius 2 is 2.00 bits per heavy atom. The van der Waals surface area contributed by atoms with Crippen molar-refractivity contribution in [1.29, 1.82) is 0 Å². The van der Waals surface area contributed by atoms with Crippen molar-refractivity contribution in [2.75, 3.05) is 37.5 Å². The molecule has 1 amide bonds.